The van der Waals surface area contributed by atoms with Crippen LogP contribution in [0.3, 0.4) is 0 Å². The molecule has 8 heteroatoms. The lowest BCUT2D eigenvalue weighted by Gasteiger charge is -2.29. The zero-order chi connectivity index (χ0) is 22.9. The van der Waals surface area contributed by atoms with E-state index < -0.39 is 10.0 Å². The highest BCUT2D eigenvalue weighted by Gasteiger charge is 2.32. The summed E-state index contributed by atoms with van der Waals surface area (Å²) < 4.78 is 28.4. The molecule has 1 atom stereocenters. The highest BCUT2D eigenvalue weighted by atomic mass is 32.2. The van der Waals surface area contributed by atoms with Crippen molar-refractivity contribution in [1.82, 2.24) is 15.5 Å². The van der Waals surface area contributed by atoms with Crippen molar-refractivity contribution in [3.8, 4) is 0 Å². The van der Waals surface area contributed by atoms with Gasteiger partial charge < -0.3 is 5.32 Å². The van der Waals surface area contributed by atoms with Gasteiger partial charge in [-0.2, -0.15) is 5.10 Å². The van der Waals surface area contributed by atoms with Crippen molar-refractivity contribution in [1.29, 1.82) is 0 Å². The summed E-state index contributed by atoms with van der Waals surface area (Å²) in [7, 11) is -4.00. The Morgan fingerprint density at radius 1 is 1.12 bits per heavy atom. The molecule has 4 rings (SSSR count). The number of H-pyrrole nitrogens is 1. The Labute approximate surface area is 188 Å². The second kappa shape index (κ2) is 8.78. The van der Waals surface area contributed by atoms with Crippen LogP contribution in [0, 0.1) is 20.8 Å². The zero-order valence-corrected chi connectivity index (χ0v) is 19.4. The molecule has 1 unspecified atom stereocenters. The third-order valence-electron chi connectivity index (χ3n) is 5.92. The minimum atomic E-state index is -4.00. The lowest BCUT2D eigenvalue weighted by atomic mass is 9.88. The molecule has 0 aliphatic heterocycles. The van der Waals surface area contributed by atoms with Crippen molar-refractivity contribution < 1.29 is 13.2 Å². The van der Waals surface area contributed by atoms with Crippen molar-refractivity contribution in [3.63, 3.8) is 0 Å². The predicted molar refractivity (Wildman–Crippen MR) is 124 cm³/mol. The number of sulfonamides is 1. The van der Waals surface area contributed by atoms with Crippen LogP contribution in [0.2, 0.25) is 0 Å². The molecule has 0 fully saturated rings. The fraction of sp³-hybridized carbons (Fsp3) is 0.333. The molecule has 32 heavy (non-hydrogen) atoms. The van der Waals surface area contributed by atoms with Crippen LogP contribution in [-0.4, -0.2) is 31.1 Å². The van der Waals surface area contributed by atoms with E-state index in [1.54, 1.807) is 26.0 Å². The molecule has 0 bridgehead atoms. The molecule has 0 saturated carbocycles. The molecule has 1 aliphatic rings. The molecule has 0 spiro atoms. The summed E-state index contributed by atoms with van der Waals surface area (Å²) in [6.45, 7) is 4.93. The molecular formula is C24H28N4O3S. The van der Waals surface area contributed by atoms with Crippen LogP contribution in [0.4, 0.5) is 5.69 Å². The second-order valence-electron chi connectivity index (χ2n) is 8.32. The number of rotatable bonds is 6. The summed E-state index contributed by atoms with van der Waals surface area (Å²) >= 11 is 0. The Morgan fingerprint density at radius 3 is 2.53 bits per heavy atom. The second-order valence-corrected chi connectivity index (χ2v) is 10.1. The highest BCUT2D eigenvalue weighted by Crippen LogP contribution is 2.30. The SMILES string of the molecule is Cc1ccc(N(CC(=O)NC2CCCc3ccccc32)S(=O)(=O)c2c(C)n[nH]c2C)cc1. The van der Waals surface area contributed by atoms with Gasteiger partial charge in [0.15, 0.2) is 0 Å². The van der Waals surface area contributed by atoms with Gasteiger partial charge in [0.25, 0.3) is 10.0 Å². The minimum Gasteiger partial charge on any atom is -0.348 e. The molecule has 1 aromatic heterocycles. The van der Waals surface area contributed by atoms with Crippen molar-refractivity contribution in [2.75, 3.05) is 10.8 Å². The van der Waals surface area contributed by atoms with E-state index in [9.17, 15) is 13.2 Å². The van der Waals surface area contributed by atoms with Gasteiger partial charge in [0, 0.05) is 0 Å². The normalized spacial score (nSPS) is 15.8. The molecular weight excluding hydrogens is 424 g/mol. The average Bonchev–Trinajstić information content (AvgIpc) is 3.12. The van der Waals surface area contributed by atoms with Gasteiger partial charge in [0.2, 0.25) is 5.91 Å². The maximum absolute atomic E-state index is 13.6. The number of hydrogen-bond donors (Lipinski definition) is 2. The first-order valence-corrected chi connectivity index (χ1v) is 12.2. The number of carbonyl (C=O) groups excluding carboxylic acids is 1. The van der Waals surface area contributed by atoms with Gasteiger partial charge in [-0.1, -0.05) is 42.0 Å². The molecule has 1 heterocycles. The third kappa shape index (κ3) is 4.27. The van der Waals surface area contributed by atoms with Crippen LogP contribution < -0.4 is 9.62 Å². The van der Waals surface area contributed by atoms with Gasteiger partial charge in [-0.3, -0.25) is 14.2 Å². The van der Waals surface area contributed by atoms with Crippen molar-refractivity contribution in [3.05, 3.63) is 76.6 Å². The van der Waals surface area contributed by atoms with E-state index in [-0.39, 0.29) is 23.4 Å². The maximum Gasteiger partial charge on any atom is 0.268 e. The van der Waals surface area contributed by atoms with Crippen LogP contribution in [0.15, 0.2) is 53.4 Å². The number of aromatic nitrogens is 2. The summed E-state index contributed by atoms with van der Waals surface area (Å²) in [5.41, 5.74) is 4.61. The standard InChI is InChI=1S/C24H28N4O3S/c1-16-11-13-20(14-12-16)28(32(30,31)24-17(2)26-27-18(24)3)15-23(29)25-22-10-6-8-19-7-4-5-9-21(19)22/h4-5,7,9,11-14,22H,6,8,10,15H2,1-3H3,(H,25,29)(H,26,27). The molecule has 2 aromatic carbocycles. The molecule has 0 radical (unpaired) electrons. The predicted octanol–water partition coefficient (Wildman–Crippen LogP) is 3.72. The number of aryl methyl sites for hydroxylation is 4. The molecule has 0 saturated heterocycles. The number of carbonyl (C=O) groups is 1. The number of benzene rings is 2. The van der Waals surface area contributed by atoms with E-state index >= 15 is 0 Å². The zero-order valence-electron chi connectivity index (χ0n) is 18.6. The largest absolute Gasteiger partial charge is 0.348 e. The molecule has 3 aromatic rings. The smallest absolute Gasteiger partial charge is 0.268 e. The summed E-state index contributed by atoms with van der Waals surface area (Å²) in [5.74, 6) is -0.338. The maximum atomic E-state index is 13.6. The first kappa shape index (κ1) is 22.1. The van der Waals surface area contributed by atoms with Crippen LogP contribution >= 0.6 is 0 Å². The van der Waals surface area contributed by atoms with Gasteiger partial charge >= 0.3 is 0 Å². The topological polar surface area (TPSA) is 95.2 Å². The number of nitrogens with one attached hydrogen (secondary N) is 2. The molecule has 1 amide bonds. The summed E-state index contributed by atoms with van der Waals surface area (Å²) in [6.07, 6.45) is 2.81. The lowest BCUT2D eigenvalue weighted by Crippen LogP contribution is -2.42. The number of nitrogens with zero attached hydrogens (tertiary/aromatic N) is 2. The minimum absolute atomic E-state index is 0.105. The number of amides is 1. The Balaban J connectivity index is 1.64. The van der Waals surface area contributed by atoms with Crippen LogP contribution in [0.5, 0.6) is 0 Å². The fourth-order valence-corrected chi connectivity index (χ4v) is 6.09. The number of aromatic amines is 1. The lowest BCUT2D eigenvalue weighted by molar-refractivity contribution is -0.120. The van der Waals surface area contributed by atoms with Crippen molar-refractivity contribution >= 4 is 21.6 Å². The van der Waals surface area contributed by atoms with E-state index in [0.717, 1.165) is 30.4 Å². The van der Waals surface area contributed by atoms with E-state index in [0.29, 0.717) is 17.1 Å². The molecule has 1 aliphatic carbocycles. The molecule has 7 nitrogen and oxygen atoms in total. The van der Waals surface area contributed by atoms with Gasteiger partial charge in [-0.25, -0.2) is 8.42 Å². The summed E-state index contributed by atoms with van der Waals surface area (Å²) in [5, 5.41) is 9.84. The summed E-state index contributed by atoms with van der Waals surface area (Å²) in [6, 6.07) is 15.1. The van der Waals surface area contributed by atoms with E-state index in [4.69, 9.17) is 0 Å². The monoisotopic (exact) mass is 452 g/mol. The van der Waals surface area contributed by atoms with Crippen LogP contribution in [0.1, 0.15) is 47.0 Å². The number of anilines is 1. The van der Waals surface area contributed by atoms with Gasteiger partial charge in [0.1, 0.15) is 11.4 Å². The summed E-state index contributed by atoms with van der Waals surface area (Å²) in [4.78, 5) is 13.2. The average molecular weight is 453 g/mol. The van der Waals surface area contributed by atoms with Gasteiger partial charge in [-0.15, -0.1) is 0 Å². The molecule has 168 valence electrons. The number of hydrogen-bond acceptors (Lipinski definition) is 4. The van der Waals surface area contributed by atoms with Crippen molar-refractivity contribution in [2.45, 2.75) is 51.0 Å². The Kier molecular flexibility index (Phi) is 6.06. The Morgan fingerprint density at radius 2 is 1.84 bits per heavy atom. The molecule has 2 N–H and O–H groups in total. The van der Waals surface area contributed by atoms with Crippen LogP contribution in [-0.2, 0) is 21.2 Å². The van der Waals surface area contributed by atoms with Crippen molar-refractivity contribution in [2.24, 2.45) is 0 Å². The first-order chi connectivity index (χ1) is 15.3. The third-order valence-corrected chi connectivity index (χ3v) is 7.96. The van der Waals surface area contributed by atoms with E-state index in [2.05, 4.69) is 21.6 Å². The van der Waals surface area contributed by atoms with Gasteiger partial charge in [0.05, 0.1) is 23.1 Å². The number of fused-ring (bicyclic) bond motifs is 1. The van der Waals surface area contributed by atoms with Gasteiger partial charge in [-0.05, 0) is 63.3 Å². The fourth-order valence-electron chi connectivity index (χ4n) is 4.33. The Hall–Kier alpha value is -3.13. The van der Waals surface area contributed by atoms with E-state index in [1.807, 2.05) is 37.3 Å². The van der Waals surface area contributed by atoms with E-state index in [1.165, 1.54) is 9.87 Å². The van der Waals surface area contributed by atoms with Crippen LogP contribution in [0.25, 0.3) is 0 Å². The first-order valence-electron chi connectivity index (χ1n) is 10.8. The quantitative estimate of drug-likeness (QED) is 0.596. The Bertz CT molecular complexity index is 1210. The highest BCUT2D eigenvalue weighted by molar-refractivity contribution is 7.93.